The summed E-state index contributed by atoms with van der Waals surface area (Å²) in [6.45, 7) is 4.04. The van der Waals surface area contributed by atoms with E-state index in [0.29, 0.717) is 5.56 Å². The summed E-state index contributed by atoms with van der Waals surface area (Å²) in [7, 11) is 0. The van der Waals surface area contributed by atoms with Gasteiger partial charge in [-0.05, 0) is 38.1 Å². The third-order valence-corrected chi connectivity index (χ3v) is 4.46. The van der Waals surface area contributed by atoms with Crippen molar-refractivity contribution in [1.82, 2.24) is 4.98 Å². The molecule has 3 nitrogen and oxygen atoms in total. The Morgan fingerprint density at radius 1 is 1.29 bits per heavy atom. The molecule has 0 unspecified atom stereocenters. The molecule has 0 saturated carbocycles. The number of benzene rings is 1. The molecule has 1 N–H and O–H groups in total. The number of aromatic nitrogens is 1. The molecule has 5 heteroatoms. The number of aryl methyl sites for hydroxylation is 2. The zero-order valence-corrected chi connectivity index (χ0v) is 11.1. The standard InChI is InChI=1S/C12H11NO2S2/c1-7-8(2)16-12(13-7)17-10-5-3-9(4-6-10)11(14)15/h3-6H,1-2H3,(H,14,15). The van der Waals surface area contributed by atoms with E-state index in [4.69, 9.17) is 5.11 Å². The van der Waals surface area contributed by atoms with E-state index >= 15 is 0 Å². The molecule has 1 aromatic carbocycles. The minimum Gasteiger partial charge on any atom is -0.478 e. The highest BCUT2D eigenvalue weighted by atomic mass is 32.2. The van der Waals surface area contributed by atoms with Crippen LogP contribution in [0.2, 0.25) is 0 Å². The number of carboxylic acid groups (broad SMARTS) is 1. The number of carbonyl (C=O) groups is 1. The van der Waals surface area contributed by atoms with Crippen molar-refractivity contribution in [3.63, 3.8) is 0 Å². The maximum absolute atomic E-state index is 10.7. The summed E-state index contributed by atoms with van der Waals surface area (Å²) in [5, 5.41) is 8.79. The van der Waals surface area contributed by atoms with Crippen LogP contribution in [0.3, 0.4) is 0 Å². The van der Waals surface area contributed by atoms with Crippen molar-refractivity contribution in [2.45, 2.75) is 23.1 Å². The Hall–Kier alpha value is -1.33. The van der Waals surface area contributed by atoms with Gasteiger partial charge < -0.3 is 5.11 Å². The lowest BCUT2D eigenvalue weighted by atomic mass is 10.2. The van der Waals surface area contributed by atoms with Gasteiger partial charge in [0.2, 0.25) is 0 Å². The van der Waals surface area contributed by atoms with Crippen LogP contribution in [0.5, 0.6) is 0 Å². The van der Waals surface area contributed by atoms with Crippen molar-refractivity contribution in [1.29, 1.82) is 0 Å². The molecule has 2 rings (SSSR count). The van der Waals surface area contributed by atoms with Gasteiger partial charge in [-0.3, -0.25) is 0 Å². The predicted molar refractivity (Wildman–Crippen MR) is 69.1 cm³/mol. The Balaban J connectivity index is 2.16. The smallest absolute Gasteiger partial charge is 0.335 e. The minimum atomic E-state index is -0.900. The second kappa shape index (κ2) is 4.89. The molecule has 0 aliphatic rings. The number of aromatic carboxylic acids is 1. The van der Waals surface area contributed by atoms with Crippen LogP contribution < -0.4 is 0 Å². The second-order valence-electron chi connectivity index (χ2n) is 3.55. The largest absolute Gasteiger partial charge is 0.478 e. The molecule has 1 heterocycles. The second-order valence-corrected chi connectivity index (χ2v) is 6.08. The van der Waals surface area contributed by atoms with Gasteiger partial charge in [0.1, 0.15) is 0 Å². The van der Waals surface area contributed by atoms with Crippen molar-refractivity contribution in [2.75, 3.05) is 0 Å². The molecule has 0 bridgehead atoms. The molecule has 0 saturated heterocycles. The Morgan fingerprint density at radius 2 is 1.94 bits per heavy atom. The zero-order valence-electron chi connectivity index (χ0n) is 9.43. The van der Waals surface area contributed by atoms with E-state index < -0.39 is 5.97 Å². The maximum Gasteiger partial charge on any atom is 0.335 e. The van der Waals surface area contributed by atoms with Gasteiger partial charge in [0.15, 0.2) is 4.34 Å². The van der Waals surface area contributed by atoms with E-state index in [1.807, 2.05) is 13.8 Å². The van der Waals surface area contributed by atoms with Crippen LogP contribution in [0.1, 0.15) is 20.9 Å². The van der Waals surface area contributed by atoms with E-state index in [1.54, 1.807) is 47.4 Å². The third-order valence-electron chi connectivity index (χ3n) is 2.32. The molecule has 2 aromatic rings. The van der Waals surface area contributed by atoms with Crippen molar-refractivity contribution in [3.8, 4) is 0 Å². The van der Waals surface area contributed by atoms with Crippen molar-refractivity contribution in [3.05, 3.63) is 40.4 Å². The van der Waals surface area contributed by atoms with Crippen LogP contribution in [0.25, 0.3) is 0 Å². The first kappa shape index (κ1) is 12.1. The number of nitrogens with zero attached hydrogens (tertiary/aromatic N) is 1. The number of carboxylic acids is 1. The lowest BCUT2D eigenvalue weighted by molar-refractivity contribution is 0.0697. The highest BCUT2D eigenvalue weighted by Gasteiger charge is 2.06. The van der Waals surface area contributed by atoms with Crippen LogP contribution in [0, 0.1) is 13.8 Å². The molecular weight excluding hydrogens is 254 g/mol. The van der Waals surface area contributed by atoms with Gasteiger partial charge in [-0.2, -0.15) is 0 Å². The molecule has 0 atom stereocenters. The maximum atomic E-state index is 10.7. The fourth-order valence-corrected chi connectivity index (χ4v) is 3.38. The minimum absolute atomic E-state index is 0.306. The highest BCUT2D eigenvalue weighted by molar-refractivity contribution is 8.01. The predicted octanol–water partition coefficient (Wildman–Crippen LogP) is 3.61. The Kier molecular flexibility index (Phi) is 3.49. The topological polar surface area (TPSA) is 50.2 Å². The molecule has 17 heavy (non-hydrogen) atoms. The first-order chi connectivity index (χ1) is 8.06. The van der Waals surface area contributed by atoms with E-state index in [2.05, 4.69) is 4.98 Å². The van der Waals surface area contributed by atoms with Crippen LogP contribution in [0.4, 0.5) is 0 Å². The van der Waals surface area contributed by atoms with E-state index in [0.717, 1.165) is 14.9 Å². The summed E-state index contributed by atoms with van der Waals surface area (Å²) >= 11 is 3.21. The summed E-state index contributed by atoms with van der Waals surface area (Å²) in [6.07, 6.45) is 0. The number of rotatable bonds is 3. The molecule has 0 fully saturated rings. The first-order valence-corrected chi connectivity index (χ1v) is 6.65. The normalized spacial score (nSPS) is 10.5. The number of thiazole rings is 1. The van der Waals surface area contributed by atoms with Gasteiger partial charge in [-0.1, -0.05) is 11.8 Å². The summed E-state index contributed by atoms with van der Waals surface area (Å²) in [5.74, 6) is -0.900. The lowest BCUT2D eigenvalue weighted by Crippen LogP contribution is -1.94. The average molecular weight is 265 g/mol. The van der Waals surface area contributed by atoms with Crippen molar-refractivity contribution < 1.29 is 9.90 Å². The van der Waals surface area contributed by atoms with Gasteiger partial charge in [-0.15, -0.1) is 11.3 Å². The van der Waals surface area contributed by atoms with Gasteiger partial charge in [0.25, 0.3) is 0 Å². The molecule has 88 valence electrons. The molecule has 1 aromatic heterocycles. The van der Waals surface area contributed by atoms with Gasteiger partial charge in [0, 0.05) is 9.77 Å². The first-order valence-electron chi connectivity index (χ1n) is 5.01. The average Bonchev–Trinajstić information content (AvgIpc) is 2.58. The van der Waals surface area contributed by atoms with Gasteiger partial charge >= 0.3 is 5.97 Å². The SMILES string of the molecule is Cc1nc(Sc2ccc(C(=O)O)cc2)sc1C. The third kappa shape index (κ3) is 2.87. The molecule has 0 spiro atoms. The summed E-state index contributed by atoms with van der Waals surface area (Å²) < 4.78 is 0.989. The Labute approximate surface area is 108 Å². The van der Waals surface area contributed by atoms with Crippen molar-refractivity contribution in [2.24, 2.45) is 0 Å². The van der Waals surface area contributed by atoms with Crippen LogP contribution in [-0.2, 0) is 0 Å². The lowest BCUT2D eigenvalue weighted by Gasteiger charge is -1.98. The number of hydrogen-bond acceptors (Lipinski definition) is 4. The van der Waals surface area contributed by atoms with Crippen LogP contribution >= 0.6 is 23.1 Å². The molecule has 0 aliphatic carbocycles. The molecular formula is C12H11NO2S2. The summed E-state index contributed by atoms with van der Waals surface area (Å²) in [4.78, 5) is 17.4. The Bertz CT molecular complexity index is 527. The Morgan fingerprint density at radius 3 is 2.41 bits per heavy atom. The van der Waals surface area contributed by atoms with Gasteiger partial charge in [-0.25, -0.2) is 9.78 Å². The van der Waals surface area contributed by atoms with E-state index in [1.165, 1.54) is 4.88 Å². The van der Waals surface area contributed by atoms with E-state index in [9.17, 15) is 4.79 Å². The summed E-state index contributed by atoms with van der Waals surface area (Å²) in [5.41, 5.74) is 1.36. The van der Waals surface area contributed by atoms with Crippen molar-refractivity contribution >= 4 is 29.1 Å². The monoisotopic (exact) mass is 265 g/mol. The zero-order chi connectivity index (χ0) is 12.4. The molecule has 0 aliphatic heterocycles. The van der Waals surface area contributed by atoms with Gasteiger partial charge in [0.05, 0.1) is 11.3 Å². The van der Waals surface area contributed by atoms with Crippen LogP contribution in [-0.4, -0.2) is 16.1 Å². The van der Waals surface area contributed by atoms with E-state index in [-0.39, 0.29) is 0 Å². The molecule has 0 radical (unpaired) electrons. The molecule has 0 amide bonds. The number of hydrogen-bond donors (Lipinski definition) is 1. The fraction of sp³-hybridized carbons (Fsp3) is 0.167. The quantitative estimate of drug-likeness (QED) is 0.921. The highest BCUT2D eigenvalue weighted by Crippen LogP contribution is 2.32. The van der Waals surface area contributed by atoms with Crippen LogP contribution in [0.15, 0.2) is 33.5 Å². The summed E-state index contributed by atoms with van der Waals surface area (Å²) in [6, 6.07) is 6.83. The fourth-order valence-electron chi connectivity index (χ4n) is 1.25.